The molecule has 0 aromatic heterocycles. The zero-order chi connectivity index (χ0) is 6.78. The van der Waals surface area contributed by atoms with E-state index in [-0.39, 0.29) is 6.42 Å². The van der Waals surface area contributed by atoms with Crippen LogP contribution in [0, 0.1) is 6.92 Å². The van der Waals surface area contributed by atoms with Crippen LogP contribution < -0.4 is 0 Å². The van der Waals surface area contributed by atoms with Crippen LogP contribution in [0.5, 0.6) is 0 Å². The first-order valence-corrected chi connectivity index (χ1v) is 3.82. The minimum atomic E-state index is -4.05. The molecule has 5 heteroatoms. The van der Waals surface area contributed by atoms with Crippen LogP contribution in [0.15, 0.2) is 0 Å². The molecule has 0 saturated carbocycles. The quantitative estimate of drug-likeness (QED) is 0.474. The Hall–Kier alpha value is 0.200. The van der Waals surface area contributed by atoms with Crippen LogP contribution in [0.2, 0.25) is 0 Å². The lowest BCUT2D eigenvalue weighted by atomic mass is 10.6. The highest BCUT2D eigenvalue weighted by atomic mass is 35.5. The van der Waals surface area contributed by atoms with Gasteiger partial charge in [-0.3, -0.25) is 4.55 Å². The van der Waals surface area contributed by atoms with E-state index in [1.165, 1.54) is 0 Å². The molecule has 0 aliphatic carbocycles. The van der Waals surface area contributed by atoms with Crippen molar-refractivity contribution in [2.45, 2.75) is 11.1 Å². The van der Waals surface area contributed by atoms with Gasteiger partial charge in [0.25, 0.3) is 10.1 Å². The summed E-state index contributed by atoms with van der Waals surface area (Å²) in [6.07, 6.45) is -0.0274. The predicted molar refractivity (Wildman–Crippen MR) is 31.2 cm³/mol. The van der Waals surface area contributed by atoms with Crippen molar-refractivity contribution in [2.75, 3.05) is 0 Å². The second-order valence-corrected chi connectivity index (χ2v) is 3.60. The maximum absolute atomic E-state index is 9.95. The molecule has 3 nitrogen and oxygen atoms in total. The summed E-state index contributed by atoms with van der Waals surface area (Å²) in [6, 6.07) is 0. The van der Waals surface area contributed by atoms with Gasteiger partial charge in [0.15, 0.2) is 4.71 Å². The number of hydrogen-bond donors (Lipinski definition) is 1. The van der Waals surface area contributed by atoms with Crippen LogP contribution >= 0.6 is 11.6 Å². The van der Waals surface area contributed by atoms with Crippen molar-refractivity contribution in [3.05, 3.63) is 6.92 Å². The monoisotopic (exact) mass is 157 g/mol. The summed E-state index contributed by atoms with van der Waals surface area (Å²) in [5.74, 6) is 0. The van der Waals surface area contributed by atoms with E-state index in [1.807, 2.05) is 0 Å². The molecule has 0 heterocycles. The summed E-state index contributed by atoms with van der Waals surface area (Å²) in [5.41, 5.74) is 0. The van der Waals surface area contributed by atoms with Crippen molar-refractivity contribution in [3.8, 4) is 0 Å². The maximum Gasteiger partial charge on any atom is 0.281 e. The Balaban J connectivity index is 4.04. The van der Waals surface area contributed by atoms with Crippen molar-refractivity contribution in [2.24, 2.45) is 0 Å². The van der Waals surface area contributed by atoms with E-state index in [0.717, 1.165) is 0 Å². The topological polar surface area (TPSA) is 54.4 Å². The summed E-state index contributed by atoms with van der Waals surface area (Å²) in [6.45, 7) is 3.18. The zero-order valence-corrected chi connectivity index (χ0v) is 5.61. The number of alkyl halides is 1. The molecular weight excluding hydrogens is 152 g/mol. The van der Waals surface area contributed by atoms with Gasteiger partial charge in [-0.05, 0) is 6.42 Å². The molecule has 0 rings (SSSR count). The third kappa shape index (κ3) is 2.49. The average molecular weight is 158 g/mol. The summed E-state index contributed by atoms with van der Waals surface area (Å²) in [4.78, 5) is 0. The first kappa shape index (κ1) is 8.20. The fourth-order valence-corrected chi connectivity index (χ4v) is 0.447. The zero-order valence-electron chi connectivity index (χ0n) is 4.04. The minimum Gasteiger partial charge on any atom is -0.284 e. The van der Waals surface area contributed by atoms with Crippen LogP contribution in [0.3, 0.4) is 0 Å². The molecule has 0 saturated heterocycles. The van der Waals surface area contributed by atoms with E-state index in [1.54, 1.807) is 0 Å². The van der Waals surface area contributed by atoms with Gasteiger partial charge in [0.05, 0.1) is 0 Å². The minimum absolute atomic E-state index is 0.0274. The molecule has 49 valence electrons. The molecule has 1 unspecified atom stereocenters. The van der Waals surface area contributed by atoms with E-state index < -0.39 is 14.8 Å². The molecule has 1 atom stereocenters. The Bertz CT molecular complexity index is 150. The molecular formula is C3H6ClO3S. The fraction of sp³-hybridized carbons (Fsp3) is 0.667. The average Bonchev–Trinajstić information content (AvgIpc) is 1.62. The molecule has 0 aromatic rings. The Morgan fingerprint density at radius 3 is 2.12 bits per heavy atom. The van der Waals surface area contributed by atoms with Gasteiger partial charge in [0, 0.05) is 0 Å². The molecule has 0 amide bonds. The standard InChI is InChI=1S/C3H6ClO3S/c1-2-3(4)8(5,6)7/h3H,1-2H2,(H,5,6,7). The highest BCUT2D eigenvalue weighted by molar-refractivity contribution is 7.87. The van der Waals surface area contributed by atoms with Crippen LogP contribution in [0.25, 0.3) is 0 Å². The Morgan fingerprint density at radius 1 is 1.75 bits per heavy atom. The molecule has 0 bridgehead atoms. The highest BCUT2D eigenvalue weighted by Crippen LogP contribution is 2.06. The summed E-state index contributed by atoms with van der Waals surface area (Å²) >= 11 is 5.04. The van der Waals surface area contributed by atoms with Crippen molar-refractivity contribution in [1.29, 1.82) is 0 Å². The molecule has 1 N–H and O–H groups in total. The third-order valence-electron chi connectivity index (χ3n) is 0.550. The van der Waals surface area contributed by atoms with Gasteiger partial charge in [0.2, 0.25) is 0 Å². The first-order valence-electron chi connectivity index (χ1n) is 1.88. The van der Waals surface area contributed by atoms with Crippen molar-refractivity contribution < 1.29 is 13.0 Å². The van der Waals surface area contributed by atoms with Gasteiger partial charge < -0.3 is 0 Å². The molecule has 0 spiro atoms. The lowest BCUT2D eigenvalue weighted by Gasteiger charge is -1.97. The normalized spacial score (nSPS) is 15.9. The van der Waals surface area contributed by atoms with Gasteiger partial charge in [0.1, 0.15) is 0 Å². The van der Waals surface area contributed by atoms with E-state index >= 15 is 0 Å². The Labute approximate surface area is 53.4 Å². The molecule has 0 aromatic carbocycles. The molecule has 0 fully saturated rings. The van der Waals surface area contributed by atoms with Gasteiger partial charge in [-0.1, -0.05) is 6.92 Å². The van der Waals surface area contributed by atoms with E-state index in [0.29, 0.717) is 0 Å². The lowest BCUT2D eigenvalue weighted by Crippen LogP contribution is -2.11. The van der Waals surface area contributed by atoms with Crippen LogP contribution in [0.1, 0.15) is 6.42 Å². The first-order chi connectivity index (χ1) is 3.48. The summed E-state index contributed by atoms with van der Waals surface area (Å²) < 4.78 is 26.7. The van der Waals surface area contributed by atoms with Gasteiger partial charge in [-0.2, -0.15) is 8.42 Å². The Morgan fingerprint density at radius 2 is 2.12 bits per heavy atom. The maximum atomic E-state index is 9.95. The van der Waals surface area contributed by atoms with Gasteiger partial charge in [-0.25, -0.2) is 0 Å². The van der Waals surface area contributed by atoms with Crippen LogP contribution in [0.4, 0.5) is 0 Å². The van der Waals surface area contributed by atoms with Crippen molar-refractivity contribution in [1.82, 2.24) is 0 Å². The van der Waals surface area contributed by atoms with Crippen LogP contribution in [-0.4, -0.2) is 17.7 Å². The predicted octanol–water partition coefficient (Wildman–Crippen LogP) is 0.663. The van der Waals surface area contributed by atoms with E-state index in [4.69, 9.17) is 16.2 Å². The second-order valence-electron chi connectivity index (χ2n) is 1.21. The van der Waals surface area contributed by atoms with Crippen molar-refractivity contribution in [3.63, 3.8) is 0 Å². The molecule has 0 aliphatic heterocycles. The number of hydrogen-bond acceptors (Lipinski definition) is 2. The largest absolute Gasteiger partial charge is 0.284 e. The Kier molecular flexibility index (Phi) is 2.73. The molecule has 1 radical (unpaired) electrons. The third-order valence-corrected chi connectivity index (χ3v) is 2.33. The van der Waals surface area contributed by atoms with E-state index in [2.05, 4.69) is 6.92 Å². The van der Waals surface area contributed by atoms with Gasteiger partial charge in [-0.15, -0.1) is 11.6 Å². The van der Waals surface area contributed by atoms with Crippen LogP contribution in [-0.2, 0) is 10.1 Å². The number of halogens is 1. The molecule has 0 aliphatic rings. The van der Waals surface area contributed by atoms with E-state index in [9.17, 15) is 8.42 Å². The lowest BCUT2D eigenvalue weighted by molar-refractivity contribution is 0.479. The fourth-order valence-electron chi connectivity index (χ4n) is 0.149. The van der Waals surface area contributed by atoms with Crippen molar-refractivity contribution >= 4 is 21.7 Å². The highest BCUT2D eigenvalue weighted by Gasteiger charge is 2.16. The smallest absolute Gasteiger partial charge is 0.281 e. The number of rotatable bonds is 2. The molecule has 8 heavy (non-hydrogen) atoms. The SMILES string of the molecule is [CH2]CC(Cl)S(=O)(=O)O. The summed E-state index contributed by atoms with van der Waals surface area (Å²) in [7, 11) is -4.05. The van der Waals surface area contributed by atoms with Gasteiger partial charge >= 0.3 is 0 Å². The summed E-state index contributed by atoms with van der Waals surface area (Å²) in [5, 5.41) is 0. The second kappa shape index (κ2) is 2.66.